The number of H-pyrrole nitrogens is 1. The number of carbonyl (C=O) groups excluding carboxylic acids is 1. The van der Waals surface area contributed by atoms with Crippen molar-refractivity contribution in [3.05, 3.63) is 22.3 Å². The van der Waals surface area contributed by atoms with Gasteiger partial charge in [0.05, 0.1) is 13.7 Å². The molecule has 0 radical (unpaired) electrons. The zero-order valence-corrected chi connectivity index (χ0v) is 16.1. The molecule has 1 saturated carbocycles. The molecule has 12 nitrogen and oxygen atoms in total. The molecule has 13 heteroatoms. The molecule has 1 aliphatic rings. The molecule has 1 aliphatic carbocycles. The molecule has 0 aliphatic heterocycles. The molecule has 3 rings (SSSR count). The van der Waals surface area contributed by atoms with Crippen LogP contribution in [0.5, 0.6) is 0 Å². The Labute approximate surface area is 159 Å². The van der Waals surface area contributed by atoms with E-state index in [1.807, 2.05) is 0 Å². The van der Waals surface area contributed by atoms with Gasteiger partial charge >= 0.3 is 14.1 Å². The Kier molecular flexibility index (Phi) is 5.57. The molecule has 5 N–H and O–H groups in total. The van der Waals surface area contributed by atoms with E-state index in [1.165, 1.54) is 24.9 Å². The SMILES string of the molecule is COC(=O)[C@H](C)N[P+](=O)OC[C@@]1(CO)C/C1=C/n1cnc2c(=O)[nH]c(N)nc21. The minimum Gasteiger partial charge on any atom is -0.468 e. The number of hydrogen-bond donors (Lipinski definition) is 4. The molecule has 2 heterocycles. The number of esters is 1. The highest BCUT2D eigenvalue weighted by Gasteiger charge is 2.51. The summed E-state index contributed by atoms with van der Waals surface area (Å²) in [6, 6.07) is -0.792. The van der Waals surface area contributed by atoms with Crippen molar-refractivity contribution < 1.29 is 23.7 Å². The van der Waals surface area contributed by atoms with Crippen LogP contribution in [-0.4, -0.2) is 57.0 Å². The number of rotatable bonds is 8. The van der Waals surface area contributed by atoms with Gasteiger partial charge in [0.25, 0.3) is 5.56 Å². The minimum absolute atomic E-state index is 0.0196. The summed E-state index contributed by atoms with van der Waals surface area (Å²) in [7, 11) is -1.10. The topological polar surface area (TPSA) is 174 Å². The van der Waals surface area contributed by atoms with Crippen molar-refractivity contribution in [3.63, 3.8) is 0 Å². The van der Waals surface area contributed by atoms with Gasteiger partial charge in [0, 0.05) is 11.6 Å². The van der Waals surface area contributed by atoms with E-state index >= 15 is 0 Å². The Balaban J connectivity index is 1.70. The number of imidazole rings is 1. The predicted molar refractivity (Wildman–Crippen MR) is 99.1 cm³/mol. The molecular weight excluding hydrogens is 391 g/mol. The maximum absolute atomic E-state index is 12.0. The molecule has 0 aromatic carbocycles. The van der Waals surface area contributed by atoms with Gasteiger partial charge in [-0.2, -0.15) is 4.98 Å². The summed E-state index contributed by atoms with van der Waals surface area (Å²) in [5.74, 6) is -0.599. The van der Waals surface area contributed by atoms with Gasteiger partial charge in [0.15, 0.2) is 11.2 Å². The highest BCUT2D eigenvalue weighted by Crippen LogP contribution is 2.53. The number of nitrogens with two attached hydrogens (primary N) is 1. The standard InChI is InChI=1S/C15H19N6O6P/c1-8(13(24)26-2)20-28(25)27-6-15(5-22)3-9(15)4-21-7-17-10-11(21)18-14(16)19-12(10)23/h4,7-8,22H,3,5-6H2,1-2H3,(H3-,16,18,19,20,23,25)/p+1/b9-4-/t8-,15-/m0/s1. The molecule has 3 atom stereocenters. The lowest BCUT2D eigenvalue weighted by atomic mass is 10.1. The normalized spacial score (nSPS) is 21.7. The third-order valence-corrected chi connectivity index (χ3v) is 5.41. The lowest BCUT2D eigenvalue weighted by Gasteiger charge is -2.07. The summed E-state index contributed by atoms with van der Waals surface area (Å²) in [4.78, 5) is 33.6. The van der Waals surface area contributed by atoms with Crippen molar-refractivity contribution in [2.45, 2.75) is 19.4 Å². The third kappa shape index (κ3) is 3.94. The maximum Gasteiger partial charge on any atom is 0.613 e. The second-order valence-corrected chi connectivity index (χ2v) is 7.48. The van der Waals surface area contributed by atoms with Gasteiger partial charge in [-0.05, 0) is 23.5 Å². The van der Waals surface area contributed by atoms with Crippen molar-refractivity contribution in [2.24, 2.45) is 5.41 Å². The molecule has 150 valence electrons. The molecule has 1 unspecified atom stereocenters. The van der Waals surface area contributed by atoms with E-state index in [0.29, 0.717) is 6.42 Å². The van der Waals surface area contributed by atoms with Crippen LogP contribution in [0.25, 0.3) is 17.4 Å². The Morgan fingerprint density at radius 3 is 3.07 bits per heavy atom. The van der Waals surface area contributed by atoms with Crippen LogP contribution in [0.4, 0.5) is 5.95 Å². The summed E-state index contributed by atoms with van der Waals surface area (Å²) in [5.41, 5.74) is 5.65. The number of aliphatic hydroxyl groups excluding tert-OH is 1. The summed E-state index contributed by atoms with van der Waals surface area (Å²) in [6.45, 7) is 1.25. The fraction of sp³-hybridized carbons (Fsp3) is 0.467. The van der Waals surface area contributed by atoms with E-state index in [0.717, 1.165) is 5.57 Å². The Hall–Kier alpha value is -2.66. The first-order valence-electron chi connectivity index (χ1n) is 8.28. The van der Waals surface area contributed by atoms with Crippen molar-refractivity contribution in [1.29, 1.82) is 0 Å². The van der Waals surface area contributed by atoms with Crippen LogP contribution < -0.4 is 16.4 Å². The number of methoxy groups -OCH3 is 1. The summed E-state index contributed by atoms with van der Waals surface area (Å²) in [6.07, 6.45) is 3.59. The van der Waals surface area contributed by atoms with Gasteiger partial charge < -0.3 is 15.6 Å². The molecule has 2 aromatic heterocycles. The van der Waals surface area contributed by atoms with Crippen molar-refractivity contribution in [1.82, 2.24) is 24.6 Å². The van der Waals surface area contributed by atoms with Crippen molar-refractivity contribution in [3.8, 4) is 0 Å². The van der Waals surface area contributed by atoms with Crippen LogP contribution in [0.15, 0.2) is 16.7 Å². The van der Waals surface area contributed by atoms with Gasteiger partial charge in [0.1, 0.15) is 19.0 Å². The number of aromatic amines is 1. The van der Waals surface area contributed by atoms with Gasteiger partial charge in [-0.15, -0.1) is 4.52 Å². The van der Waals surface area contributed by atoms with Crippen LogP contribution in [0, 0.1) is 5.41 Å². The van der Waals surface area contributed by atoms with Crippen molar-refractivity contribution >= 4 is 37.5 Å². The number of aliphatic hydroxyl groups is 1. The molecule has 0 amide bonds. The average molecular weight is 411 g/mol. The van der Waals surface area contributed by atoms with E-state index in [1.54, 1.807) is 6.20 Å². The Morgan fingerprint density at radius 1 is 1.64 bits per heavy atom. The van der Waals surface area contributed by atoms with Crippen LogP contribution in [-0.2, 0) is 18.6 Å². The molecular formula is C15H20N6O6P+. The highest BCUT2D eigenvalue weighted by molar-refractivity contribution is 7.36. The first-order valence-corrected chi connectivity index (χ1v) is 9.46. The monoisotopic (exact) mass is 411 g/mol. The number of aromatic nitrogens is 4. The van der Waals surface area contributed by atoms with Crippen LogP contribution in [0.3, 0.4) is 0 Å². The molecule has 0 bridgehead atoms. The quantitative estimate of drug-likeness (QED) is 0.335. The van der Waals surface area contributed by atoms with Gasteiger partial charge in [-0.25, -0.2) is 4.98 Å². The number of nitrogens with zero attached hydrogens (tertiary/aromatic N) is 3. The molecule has 28 heavy (non-hydrogen) atoms. The smallest absolute Gasteiger partial charge is 0.468 e. The Morgan fingerprint density at radius 2 is 2.39 bits per heavy atom. The summed E-state index contributed by atoms with van der Waals surface area (Å²) in [5, 5.41) is 12.2. The Bertz CT molecular complexity index is 1020. The third-order valence-electron chi connectivity index (χ3n) is 4.45. The number of hydrogen-bond acceptors (Lipinski definition) is 9. The zero-order chi connectivity index (χ0) is 20.5. The largest absolute Gasteiger partial charge is 0.613 e. The fourth-order valence-corrected chi connectivity index (χ4v) is 3.52. The average Bonchev–Trinajstić information content (AvgIpc) is 3.21. The van der Waals surface area contributed by atoms with Crippen molar-refractivity contribution in [2.75, 3.05) is 26.1 Å². The van der Waals surface area contributed by atoms with Crippen LogP contribution in [0.2, 0.25) is 0 Å². The number of nitrogens with one attached hydrogen (secondary N) is 2. The molecule has 0 saturated heterocycles. The van der Waals surface area contributed by atoms with E-state index in [9.17, 15) is 19.3 Å². The fourth-order valence-electron chi connectivity index (χ4n) is 2.66. The lowest BCUT2D eigenvalue weighted by Crippen LogP contribution is -2.30. The zero-order valence-electron chi connectivity index (χ0n) is 15.2. The first kappa shape index (κ1) is 20.1. The molecule has 0 spiro atoms. The number of ether oxygens (including phenoxy) is 1. The number of carbonyl (C=O) groups is 1. The number of nitrogen functional groups attached to an aromatic ring is 1. The van der Waals surface area contributed by atoms with Crippen LogP contribution in [0.1, 0.15) is 13.3 Å². The van der Waals surface area contributed by atoms with E-state index in [4.69, 9.17) is 10.3 Å². The summed E-state index contributed by atoms with van der Waals surface area (Å²) >= 11 is 0. The number of anilines is 1. The number of fused-ring (bicyclic) bond motifs is 1. The van der Waals surface area contributed by atoms with Gasteiger partial charge in [-0.3, -0.25) is 19.1 Å². The second-order valence-electron chi connectivity index (χ2n) is 6.45. The molecule has 1 fully saturated rings. The predicted octanol–water partition coefficient (Wildman–Crippen LogP) is -0.250. The summed E-state index contributed by atoms with van der Waals surface area (Å²) < 4.78 is 23.3. The van der Waals surface area contributed by atoms with E-state index in [-0.39, 0.29) is 30.3 Å². The van der Waals surface area contributed by atoms with E-state index in [2.05, 4.69) is 24.8 Å². The first-order chi connectivity index (χ1) is 13.3. The highest BCUT2D eigenvalue weighted by atomic mass is 31.1. The molecule has 2 aromatic rings. The maximum atomic E-state index is 12.0. The van der Waals surface area contributed by atoms with Crippen LogP contribution >= 0.6 is 8.18 Å². The van der Waals surface area contributed by atoms with E-state index < -0.39 is 31.2 Å². The minimum atomic E-state index is -2.33. The van der Waals surface area contributed by atoms with Gasteiger partial charge in [0.2, 0.25) is 5.95 Å². The van der Waals surface area contributed by atoms with Gasteiger partial charge in [-0.1, -0.05) is 5.09 Å². The lowest BCUT2D eigenvalue weighted by molar-refractivity contribution is -0.142. The second kappa shape index (κ2) is 7.76.